The second-order valence-corrected chi connectivity index (χ2v) is 3.57. The number of hydrogen-bond donors (Lipinski definition) is 0. The Kier molecular flexibility index (Phi) is 2.15. The summed E-state index contributed by atoms with van der Waals surface area (Å²) in [5, 5.41) is 0. The average Bonchev–Trinajstić information content (AvgIpc) is 2.29. The molecule has 0 bridgehead atoms. The van der Waals surface area contributed by atoms with Crippen LogP contribution in [0, 0.1) is 5.92 Å². The van der Waals surface area contributed by atoms with Gasteiger partial charge in [-0.2, -0.15) is 0 Å². The smallest absolute Gasteiger partial charge is 0.333 e. The van der Waals surface area contributed by atoms with Crippen molar-refractivity contribution in [3.8, 4) is 0 Å². The van der Waals surface area contributed by atoms with Crippen LogP contribution in [0.25, 0.3) is 0 Å². The van der Waals surface area contributed by atoms with Gasteiger partial charge in [-0.25, -0.2) is 4.79 Å². The summed E-state index contributed by atoms with van der Waals surface area (Å²) in [4.78, 5) is 11.4. The number of cyclic esters (lactones) is 1. The summed E-state index contributed by atoms with van der Waals surface area (Å²) in [6.45, 7) is 0.618. The minimum absolute atomic E-state index is 0.0581. The van der Waals surface area contributed by atoms with E-state index < -0.39 is 0 Å². The molecule has 1 heterocycles. The molecule has 12 heavy (non-hydrogen) atoms. The van der Waals surface area contributed by atoms with Crippen LogP contribution in [-0.2, 0) is 9.53 Å². The van der Waals surface area contributed by atoms with Gasteiger partial charge in [0.05, 0.1) is 6.61 Å². The molecule has 2 nitrogen and oxygen atoms in total. The molecule has 0 saturated carbocycles. The molecule has 1 fully saturated rings. The lowest BCUT2D eigenvalue weighted by Gasteiger charge is -2.19. The van der Waals surface area contributed by atoms with Crippen molar-refractivity contribution in [2.45, 2.75) is 32.1 Å². The number of esters is 1. The molecule has 1 aliphatic heterocycles. The molecule has 0 aromatic carbocycles. The van der Waals surface area contributed by atoms with Gasteiger partial charge < -0.3 is 4.74 Å². The quantitative estimate of drug-likeness (QED) is 0.515. The molecular formula is C10H14O2. The first-order valence-corrected chi connectivity index (χ1v) is 4.75. The molecule has 0 amide bonds. The van der Waals surface area contributed by atoms with Crippen molar-refractivity contribution >= 4 is 5.97 Å². The third-order valence-corrected chi connectivity index (χ3v) is 2.73. The lowest BCUT2D eigenvalue weighted by Crippen LogP contribution is -2.15. The molecule has 0 spiro atoms. The summed E-state index contributed by atoms with van der Waals surface area (Å²) < 4.78 is 5.07. The van der Waals surface area contributed by atoms with Crippen molar-refractivity contribution in [3.63, 3.8) is 0 Å². The molecule has 0 aromatic heterocycles. The largest absolute Gasteiger partial charge is 0.462 e. The zero-order valence-corrected chi connectivity index (χ0v) is 7.21. The van der Waals surface area contributed by atoms with E-state index in [1.807, 2.05) is 0 Å². The molecule has 0 aromatic rings. The van der Waals surface area contributed by atoms with Crippen molar-refractivity contribution < 1.29 is 9.53 Å². The molecule has 1 aliphatic carbocycles. The van der Waals surface area contributed by atoms with E-state index >= 15 is 0 Å². The molecule has 66 valence electrons. The monoisotopic (exact) mass is 166 g/mol. The van der Waals surface area contributed by atoms with Crippen LogP contribution in [0.4, 0.5) is 0 Å². The van der Waals surface area contributed by atoms with Crippen molar-refractivity contribution in [2.24, 2.45) is 5.92 Å². The van der Waals surface area contributed by atoms with Crippen molar-refractivity contribution in [1.82, 2.24) is 0 Å². The number of fused-ring (bicyclic) bond motifs is 1. The Labute approximate surface area is 72.6 Å². The highest BCUT2D eigenvalue weighted by Crippen LogP contribution is 2.31. The number of rotatable bonds is 0. The van der Waals surface area contributed by atoms with Crippen LogP contribution in [0.2, 0.25) is 0 Å². The lowest BCUT2D eigenvalue weighted by molar-refractivity contribution is -0.138. The van der Waals surface area contributed by atoms with Crippen LogP contribution in [0.15, 0.2) is 11.6 Å². The van der Waals surface area contributed by atoms with Crippen LogP contribution < -0.4 is 0 Å². The fourth-order valence-corrected chi connectivity index (χ4v) is 2.07. The van der Waals surface area contributed by atoms with Crippen LogP contribution >= 0.6 is 0 Å². The van der Waals surface area contributed by atoms with E-state index in [2.05, 4.69) is 6.08 Å². The van der Waals surface area contributed by atoms with E-state index in [0.717, 1.165) is 24.8 Å². The molecule has 2 rings (SSSR count). The zero-order chi connectivity index (χ0) is 8.39. The fourth-order valence-electron chi connectivity index (χ4n) is 2.07. The highest BCUT2D eigenvalue weighted by molar-refractivity contribution is 5.89. The lowest BCUT2D eigenvalue weighted by atomic mass is 9.85. The molecule has 2 aliphatic rings. The third-order valence-electron chi connectivity index (χ3n) is 2.73. The summed E-state index contributed by atoms with van der Waals surface area (Å²) in [6.07, 6.45) is 7.72. The second kappa shape index (κ2) is 3.30. The topological polar surface area (TPSA) is 26.3 Å². The molecular weight excluding hydrogens is 152 g/mol. The van der Waals surface area contributed by atoms with Gasteiger partial charge >= 0.3 is 5.97 Å². The van der Waals surface area contributed by atoms with Gasteiger partial charge in [-0.3, -0.25) is 0 Å². The van der Waals surface area contributed by atoms with Crippen LogP contribution in [0.1, 0.15) is 32.1 Å². The fraction of sp³-hybridized carbons (Fsp3) is 0.700. The molecule has 1 atom stereocenters. The Morgan fingerprint density at radius 3 is 3.08 bits per heavy atom. The summed E-state index contributed by atoms with van der Waals surface area (Å²) in [7, 11) is 0. The van der Waals surface area contributed by atoms with Crippen molar-refractivity contribution in [3.05, 3.63) is 11.6 Å². The standard InChI is InChI=1S/C10H14O2/c11-10-9-6-2-1-4-8(9)5-3-7-12-10/h6,8H,1-5,7H2. The minimum Gasteiger partial charge on any atom is -0.462 e. The number of carbonyl (C=O) groups excluding carboxylic acids is 1. The highest BCUT2D eigenvalue weighted by Gasteiger charge is 2.26. The molecule has 2 heteroatoms. The molecule has 1 unspecified atom stereocenters. The summed E-state index contributed by atoms with van der Waals surface area (Å²) in [5.41, 5.74) is 0.957. The van der Waals surface area contributed by atoms with Gasteiger partial charge in [0.15, 0.2) is 0 Å². The van der Waals surface area contributed by atoms with Gasteiger partial charge in [-0.05, 0) is 38.0 Å². The van der Waals surface area contributed by atoms with E-state index in [0.29, 0.717) is 12.5 Å². The highest BCUT2D eigenvalue weighted by atomic mass is 16.5. The number of allylic oxidation sites excluding steroid dienone is 1. The Balaban J connectivity index is 2.20. The third kappa shape index (κ3) is 1.38. The number of hydrogen-bond acceptors (Lipinski definition) is 2. The van der Waals surface area contributed by atoms with Gasteiger partial charge in [-0.1, -0.05) is 6.08 Å². The zero-order valence-electron chi connectivity index (χ0n) is 7.21. The molecule has 0 radical (unpaired) electrons. The van der Waals surface area contributed by atoms with Gasteiger partial charge in [0.1, 0.15) is 0 Å². The van der Waals surface area contributed by atoms with Gasteiger partial charge in [0, 0.05) is 5.57 Å². The SMILES string of the molecule is O=C1OCCCC2CCCC=C12. The first-order chi connectivity index (χ1) is 5.88. The van der Waals surface area contributed by atoms with Crippen molar-refractivity contribution in [1.29, 1.82) is 0 Å². The first-order valence-electron chi connectivity index (χ1n) is 4.75. The number of ether oxygens (including phenoxy) is 1. The molecule has 0 N–H and O–H groups in total. The predicted molar refractivity (Wildman–Crippen MR) is 45.6 cm³/mol. The summed E-state index contributed by atoms with van der Waals surface area (Å²) >= 11 is 0. The van der Waals surface area contributed by atoms with Crippen LogP contribution in [0.3, 0.4) is 0 Å². The van der Waals surface area contributed by atoms with E-state index in [9.17, 15) is 4.79 Å². The Bertz CT molecular complexity index is 218. The van der Waals surface area contributed by atoms with Crippen molar-refractivity contribution in [2.75, 3.05) is 6.61 Å². The maximum absolute atomic E-state index is 11.4. The van der Waals surface area contributed by atoms with Crippen LogP contribution in [-0.4, -0.2) is 12.6 Å². The first kappa shape index (κ1) is 7.84. The van der Waals surface area contributed by atoms with Crippen LogP contribution in [0.5, 0.6) is 0 Å². The average molecular weight is 166 g/mol. The Hall–Kier alpha value is -0.790. The maximum Gasteiger partial charge on any atom is 0.333 e. The van der Waals surface area contributed by atoms with E-state index in [-0.39, 0.29) is 5.97 Å². The Morgan fingerprint density at radius 2 is 2.17 bits per heavy atom. The minimum atomic E-state index is -0.0581. The maximum atomic E-state index is 11.4. The van der Waals surface area contributed by atoms with E-state index in [4.69, 9.17) is 4.74 Å². The van der Waals surface area contributed by atoms with E-state index in [1.165, 1.54) is 12.8 Å². The summed E-state index contributed by atoms with van der Waals surface area (Å²) in [6, 6.07) is 0. The second-order valence-electron chi connectivity index (χ2n) is 3.57. The Morgan fingerprint density at radius 1 is 1.33 bits per heavy atom. The summed E-state index contributed by atoms with van der Waals surface area (Å²) in [5.74, 6) is 0.450. The van der Waals surface area contributed by atoms with E-state index in [1.54, 1.807) is 0 Å². The molecule has 1 saturated heterocycles. The normalized spacial score (nSPS) is 29.8. The van der Waals surface area contributed by atoms with Gasteiger partial charge in [0.2, 0.25) is 0 Å². The predicted octanol–water partition coefficient (Wildman–Crippen LogP) is 2.05. The van der Waals surface area contributed by atoms with Gasteiger partial charge in [-0.15, -0.1) is 0 Å². The van der Waals surface area contributed by atoms with Gasteiger partial charge in [0.25, 0.3) is 0 Å². The number of carbonyl (C=O) groups is 1.